The van der Waals surface area contributed by atoms with Crippen molar-refractivity contribution in [3.8, 4) is 0 Å². The lowest BCUT2D eigenvalue weighted by Gasteiger charge is -2.03. The average Bonchev–Trinajstić information content (AvgIpc) is 2.39. The van der Waals surface area contributed by atoms with Gasteiger partial charge < -0.3 is 0 Å². The number of hydrogen-bond donors (Lipinski definition) is 0. The molecule has 0 N–H and O–H groups in total. The number of rotatable bonds is 15. The molecule has 0 bridgehead atoms. The van der Waals surface area contributed by atoms with Crippen molar-refractivity contribution in [1.82, 2.24) is 0 Å². The van der Waals surface area contributed by atoms with Crippen LogP contribution in [0.15, 0.2) is 0 Å². The van der Waals surface area contributed by atoms with Crippen LogP contribution in [0.4, 0.5) is 0 Å². The molecular weight excluding hydrogens is 231 g/mol. The normalized spacial score (nSPS) is 10.9. The van der Waals surface area contributed by atoms with E-state index in [2.05, 4.69) is 23.2 Å². The molecule has 0 aliphatic rings. The van der Waals surface area contributed by atoms with Crippen LogP contribution in [0.25, 0.3) is 0 Å². The first-order chi connectivity index (χ1) is 8.91. The van der Waals surface area contributed by atoms with Gasteiger partial charge in [-0.2, -0.15) is 0 Å². The molecule has 0 aromatic carbocycles. The van der Waals surface area contributed by atoms with Crippen LogP contribution in [0.2, 0.25) is 5.28 Å². The summed E-state index contributed by atoms with van der Waals surface area (Å²) in [5, 5.41) is 1.29. The lowest BCUT2D eigenvalue weighted by Crippen LogP contribution is -1.83. The molecule has 0 aromatic heterocycles. The van der Waals surface area contributed by atoms with E-state index in [4.69, 9.17) is 0 Å². The van der Waals surface area contributed by atoms with Crippen molar-refractivity contribution >= 4 is 16.3 Å². The van der Waals surface area contributed by atoms with Crippen LogP contribution in [0.1, 0.15) is 103 Å². The van der Waals surface area contributed by atoms with Gasteiger partial charge in [-0.25, -0.2) is 0 Å². The predicted octanol–water partition coefficient (Wildman–Crippen LogP) is 6.44. The second-order valence-electron chi connectivity index (χ2n) is 5.74. The topological polar surface area (TPSA) is 0 Å². The van der Waals surface area contributed by atoms with E-state index >= 15 is 0 Å². The zero-order valence-corrected chi connectivity index (χ0v) is 14.0. The van der Waals surface area contributed by atoms with E-state index in [1.54, 1.807) is 0 Å². The molecule has 2 radical (unpaired) electrons. The van der Waals surface area contributed by atoms with E-state index in [1.807, 2.05) is 0 Å². The Morgan fingerprint density at radius 2 is 0.722 bits per heavy atom. The van der Waals surface area contributed by atoms with E-state index in [9.17, 15) is 0 Å². The molecule has 0 saturated carbocycles. The molecule has 0 unspecified atom stereocenters. The van der Waals surface area contributed by atoms with Crippen LogP contribution in [0, 0.1) is 0 Å². The summed E-state index contributed by atoms with van der Waals surface area (Å²) in [5.41, 5.74) is 0. The fourth-order valence-electron chi connectivity index (χ4n) is 2.52. The molecule has 1 heteroatoms. The van der Waals surface area contributed by atoms with Crippen LogP contribution >= 0.6 is 0 Å². The van der Waals surface area contributed by atoms with Gasteiger partial charge in [0, 0.05) is 0 Å². The van der Waals surface area contributed by atoms with Crippen LogP contribution < -0.4 is 0 Å². The Hall–Kier alpha value is 0.532. The van der Waals surface area contributed by atoms with Crippen LogP contribution in [0.5, 0.6) is 0 Å². The third-order valence-electron chi connectivity index (χ3n) is 3.81. The first-order valence-corrected chi connectivity index (χ1v) is 9.43. The molecule has 0 saturated heterocycles. The highest BCUT2D eigenvalue weighted by molar-refractivity contribution is 6.08. The third-order valence-corrected chi connectivity index (χ3v) is 4.22. The van der Waals surface area contributed by atoms with Crippen molar-refractivity contribution in [3.63, 3.8) is 0 Å². The highest BCUT2D eigenvalue weighted by Gasteiger charge is 1.93. The molecule has 0 aliphatic carbocycles. The minimum absolute atomic E-state index is 1.29. The highest BCUT2D eigenvalue weighted by Crippen LogP contribution is 2.13. The summed E-state index contributed by atoms with van der Waals surface area (Å²) in [6.07, 6.45) is 21.9. The smallest absolute Gasteiger partial charge is 0.118 e. The van der Waals surface area contributed by atoms with Gasteiger partial charge in [-0.3, -0.25) is 0 Å². The standard InChI is InChI=1S/C17H35.Al/c1-3-5-7-9-11-13-15-17-16-14-12-10-8-6-4-2;/h1,3-17H2,2H3;. The predicted molar refractivity (Wildman–Crippen MR) is 85.5 cm³/mol. The molecule has 106 valence electrons. The molecule has 18 heavy (non-hydrogen) atoms. The molecule has 0 aliphatic heterocycles. The zero-order chi connectivity index (χ0) is 13.3. The first-order valence-electron chi connectivity index (χ1n) is 8.62. The Balaban J connectivity index is 2.86. The summed E-state index contributed by atoms with van der Waals surface area (Å²) in [6.45, 7) is 2.29. The molecule has 0 fully saturated rings. The second kappa shape index (κ2) is 17.5. The maximum atomic E-state index is 2.82. The van der Waals surface area contributed by atoms with E-state index in [0.29, 0.717) is 0 Å². The fraction of sp³-hybridized carbons (Fsp3) is 1.00. The highest BCUT2D eigenvalue weighted by atomic mass is 27.0. The van der Waals surface area contributed by atoms with Gasteiger partial charge in [0.1, 0.15) is 16.3 Å². The monoisotopic (exact) mass is 266 g/mol. The van der Waals surface area contributed by atoms with Crippen molar-refractivity contribution in [2.75, 3.05) is 0 Å². The Morgan fingerprint density at radius 1 is 0.444 bits per heavy atom. The van der Waals surface area contributed by atoms with E-state index in [0.717, 1.165) is 0 Å². The number of unbranched alkanes of at least 4 members (excludes halogenated alkanes) is 14. The van der Waals surface area contributed by atoms with Crippen LogP contribution in [-0.2, 0) is 0 Å². The van der Waals surface area contributed by atoms with Gasteiger partial charge in [-0.15, -0.1) is 5.28 Å². The first kappa shape index (κ1) is 18.5. The van der Waals surface area contributed by atoms with E-state index in [1.165, 1.54) is 102 Å². The van der Waals surface area contributed by atoms with Crippen LogP contribution in [0.3, 0.4) is 0 Å². The average molecular weight is 266 g/mol. The molecule has 0 spiro atoms. The lowest BCUT2D eigenvalue weighted by molar-refractivity contribution is 0.534. The van der Waals surface area contributed by atoms with Gasteiger partial charge in [0.2, 0.25) is 0 Å². The summed E-state index contributed by atoms with van der Waals surface area (Å²) in [5.74, 6) is 0. The van der Waals surface area contributed by atoms with E-state index in [-0.39, 0.29) is 0 Å². The zero-order valence-electron chi connectivity index (χ0n) is 12.9. The van der Waals surface area contributed by atoms with Gasteiger partial charge in [0.05, 0.1) is 0 Å². The van der Waals surface area contributed by atoms with Gasteiger partial charge in [-0.1, -0.05) is 103 Å². The van der Waals surface area contributed by atoms with Crippen molar-refractivity contribution in [2.24, 2.45) is 0 Å². The fourth-order valence-corrected chi connectivity index (χ4v) is 2.80. The van der Waals surface area contributed by atoms with Gasteiger partial charge >= 0.3 is 0 Å². The molecule has 0 aromatic rings. The quantitative estimate of drug-likeness (QED) is 0.236. The minimum atomic E-state index is 1.29. The lowest BCUT2D eigenvalue weighted by atomic mass is 10.0. The summed E-state index contributed by atoms with van der Waals surface area (Å²) in [4.78, 5) is 0. The Morgan fingerprint density at radius 3 is 1.00 bits per heavy atom. The maximum absolute atomic E-state index is 2.82. The summed E-state index contributed by atoms with van der Waals surface area (Å²) in [7, 11) is 0. The van der Waals surface area contributed by atoms with Crippen molar-refractivity contribution in [3.05, 3.63) is 0 Å². The van der Waals surface area contributed by atoms with Gasteiger partial charge in [-0.05, 0) is 0 Å². The summed E-state index contributed by atoms with van der Waals surface area (Å²) >= 11 is 2.82. The largest absolute Gasteiger partial charge is 0.118 e. The van der Waals surface area contributed by atoms with Gasteiger partial charge in [0.15, 0.2) is 0 Å². The molecule has 0 atom stereocenters. The molecular formula is C17H35Al. The third kappa shape index (κ3) is 16.5. The van der Waals surface area contributed by atoms with Gasteiger partial charge in [0.25, 0.3) is 0 Å². The Kier molecular flexibility index (Phi) is 18.1. The molecule has 0 nitrogen and oxygen atoms in total. The molecule has 0 rings (SSSR count). The molecule has 0 heterocycles. The summed E-state index contributed by atoms with van der Waals surface area (Å²) < 4.78 is 0. The second-order valence-corrected chi connectivity index (χ2v) is 6.32. The van der Waals surface area contributed by atoms with Crippen molar-refractivity contribution in [2.45, 2.75) is 109 Å². The van der Waals surface area contributed by atoms with E-state index < -0.39 is 0 Å². The van der Waals surface area contributed by atoms with Crippen molar-refractivity contribution < 1.29 is 0 Å². The SMILES string of the molecule is CCCCCCCCCCCCCCCC[CH2][Al]. The maximum Gasteiger partial charge on any atom is 0.118 e. The Labute approximate surface area is 125 Å². The van der Waals surface area contributed by atoms with Crippen molar-refractivity contribution in [1.29, 1.82) is 0 Å². The number of hydrogen-bond acceptors (Lipinski definition) is 0. The summed E-state index contributed by atoms with van der Waals surface area (Å²) in [6, 6.07) is 0. The molecule has 0 amide bonds. The minimum Gasteiger partial charge on any atom is -0.118 e. The Bertz CT molecular complexity index is 118. The van der Waals surface area contributed by atoms with Crippen LogP contribution in [-0.4, -0.2) is 16.3 Å².